The molecule has 2 rings (SSSR count). The number of carbonyl (C=O) groups is 1. The molecular formula is C15H16N2O3. The van der Waals surface area contributed by atoms with E-state index in [0.717, 1.165) is 5.56 Å². The van der Waals surface area contributed by atoms with E-state index >= 15 is 0 Å². The second kappa shape index (κ2) is 5.25. The molecule has 20 heavy (non-hydrogen) atoms. The van der Waals surface area contributed by atoms with Gasteiger partial charge in [-0.3, -0.25) is 4.90 Å². The van der Waals surface area contributed by atoms with Crippen molar-refractivity contribution in [3.05, 3.63) is 47.2 Å². The fourth-order valence-electron chi connectivity index (χ4n) is 2.11. The number of amides is 1. The number of nitrogens with zero attached hydrogens (tertiary/aromatic N) is 2. The Morgan fingerprint density at radius 2 is 2.10 bits per heavy atom. The van der Waals surface area contributed by atoms with Gasteiger partial charge in [-0.2, -0.15) is 5.26 Å². The number of ether oxygens (including phenoxy) is 1. The lowest BCUT2D eigenvalue weighted by atomic mass is 10.0. The van der Waals surface area contributed by atoms with Crippen LogP contribution in [0.2, 0.25) is 0 Å². The van der Waals surface area contributed by atoms with Gasteiger partial charge in [0.15, 0.2) is 0 Å². The molecule has 0 spiro atoms. The molecule has 0 bridgehead atoms. The first-order valence-corrected chi connectivity index (χ1v) is 6.28. The smallest absolute Gasteiger partial charge is 0.411 e. The van der Waals surface area contributed by atoms with E-state index in [1.54, 1.807) is 13.8 Å². The highest BCUT2D eigenvalue weighted by molar-refractivity contribution is 5.71. The maximum Gasteiger partial charge on any atom is 0.411 e. The Labute approximate surface area is 117 Å². The number of carbonyl (C=O) groups excluding carboxylic acids is 1. The number of aliphatic hydroxyl groups is 1. The molecule has 0 aromatic heterocycles. The van der Waals surface area contributed by atoms with Gasteiger partial charge in [0.25, 0.3) is 0 Å². The van der Waals surface area contributed by atoms with Crippen molar-refractivity contribution in [2.45, 2.75) is 26.0 Å². The fraction of sp³-hybridized carbons (Fsp3) is 0.333. The van der Waals surface area contributed by atoms with E-state index in [0.29, 0.717) is 0 Å². The second-order valence-electron chi connectivity index (χ2n) is 5.12. The highest BCUT2D eigenvalue weighted by Gasteiger charge is 2.43. The van der Waals surface area contributed by atoms with Gasteiger partial charge in [-0.25, -0.2) is 4.79 Å². The van der Waals surface area contributed by atoms with Crippen molar-refractivity contribution >= 4 is 6.09 Å². The summed E-state index contributed by atoms with van der Waals surface area (Å²) in [4.78, 5) is 13.4. The molecule has 0 atom stereocenters. The first-order chi connectivity index (χ1) is 9.46. The molecule has 0 fully saturated rings. The van der Waals surface area contributed by atoms with Crippen LogP contribution in [0.1, 0.15) is 19.4 Å². The van der Waals surface area contributed by atoms with Crippen LogP contribution < -0.4 is 0 Å². The van der Waals surface area contributed by atoms with Gasteiger partial charge in [-0.1, -0.05) is 30.3 Å². The van der Waals surface area contributed by atoms with Crippen LogP contribution in [0, 0.1) is 11.3 Å². The van der Waals surface area contributed by atoms with Crippen molar-refractivity contribution in [1.82, 2.24) is 4.90 Å². The highest BCUT2D eigenvalue weighted by Crippen LogP contribution is 2.32. The van der Waals surface area contributed by atoms with Crippen LogP contribution in [0.15, 0.2) is 41.7 Å². The number of nitriles is 1. The molecule has 1 aliphatic rings. The average Bonchev–Trinajstić information content (AvgIpc) is 2.68. The third-order valence-corrected chi connectivity index (χ3v) is 3.42. The van der Waals surface area contributed by atoms with Gasteiger partial charge in [0.2, 0.25) is 0 Å². The quantitative estimate of drug-likeness (QED) is 0.898. The van der Waals surface area contributed by atoms with E-state index in [4.69, 9.17) is 10.00 Å². The van der Waals surface area contributed by atoms with E-state index in [-0.39, 0.29) is 24.5 Å². The van der Waals surface area contributed by atoms with Crippen LogP contribution in [0.25, 0.3) is 0 Å². The van der Waals surface area contributed by atoms with E-state index < -0.39 is 11.6 Å². The van der Waals surface area contributed by atoms with E-state index in [1.165, 1.54) is 4.90 Å². The van der Waals surface area contributed by atoms with Gasteiger partial charge in [0.05, 0.1) is 17.7 Å². The summed E-state index contributed by atoms with van der Waals surface area (Å²) in [5, 5.41) is 18.9. The summed E-state index contributed by atoms with van der Waals surface area (Å²) in [5.41, 5.74) is 0.168. The minimum Gasteiger partial charge on any atom is -0.509 e. The summed E-state index contributed by atoms with van der Waals surface area (Å²) < 4.78 is 5.23. The zero-order chi connectivity index (χ0) is 14.8. The minimum absolute atomic E-state index is 0.0724. The third-order valence-electron chi connectivity index (χ3n) is 3.42. The summed E-state index contributed by atoms with van der Waals surface area (Å²) in [7, 11) is 0. The molecule has 5 nitrogen and oxygen atoms in total. The van der Waals surface area contributed by atoms with Crippen molar-refractivity contribution in [2.24, 2.45) is 0 Å². The van der Waals surface area contributed by atoms with Crippen molar-refractivity contribution in [3.63, 3.8) is 0 Å². The Morgan fingerprint density at radius 3 is 2.65 bits per heavy atom. The molecule has 5 heteroatoms. The number of rotatable bonds is 2. The Kier molecular flexibility index (Phi) is 3.66. The largest absolute Gasteiger partial charge is 0.509 e. The fourth-order valence-corrected chi connectivity index (χ4v) is 2.11. The Morgan fingerprint density at radius 1 is 1.45 bits per heavy atom. The monoisotopic (exact) mass is 272 g/mol. The molecule has 0 unspecified atom stereocenters. The normalized spacial score (nSPS) is 16.9. The van der Waals surface area contributed by atoms with E-state index in [1.807, 2.05) is 36.4 Å². The lowest BCUT2D eigenvalue weighted by Gasteiger charge is -2.30. The number of benzene rings is 1. The number of hydrogen-bond donors (Lipinski definition) is 1. The molecule has 1 aliphatic heterocycles. The van der Waals surface area contributed by atoms with Crippen molar-refractivity contribution in [1.29, 1.82) is 5.26 Å². The summed E-state index contributed by atoms with van der Waals surface area (Å²) >= 11 is 0. The molecule has 0 radical (unpaired) electrons. The van der Waals surface area contributed by atoms with Crippen molar-refractivity contribution in [2.75, 3.05) is 6.54 Å². The lowest BCUT2D eigenvalue weighted by Crippen LogP contribution is -2.45. The van der Waals surface area contributed by atoms with Gasteiger partial charge in [0, 0.05) is 0 Å². The summed E-state index contributed by atoms with van der Waals surface area (Å²) in [6.07, 6.45) is -0.546. The standard InChI is InChI=1S/C15H16N2O3/c1-15(2)13(18)12(8-16)9-17(15)14(19)20-10-11-6-4-3-5-7-11/h3-7,18H,9-10H2,1-2H3. The topological polar surface area (TPSA) is 73.6 Å². The van der Waals surface area contributed by atoms with Crippen molar-refractivity contribution < 1.29 is 14.6 Å². The Hall–Kier alpha value is -2.48. The molecule has 1 aromatic rings. The Balaban J connectivity index is 2.03. The van der Waals surface area contributed by atoms with Crippen LogP contribution in [0.5, 0.6) is 0 Å². The third kappa shape index (κ3) is 2.45. The van der Waals surface area contributed by atoms with Crippen LogP contribution in [0.4, 0.5) is 4.79 Å². The summed E-state index contributed by atoms with van der Waals surface area (Å²) in [6.45, 7) is 3.59. The van der Waals surface area contributed by atoms with E-state index in [2.05, 4.69) is 0 Å². The minimum atomic E-state index is -0.918. The van der Waals surface area contributed by atoms with Gasteiger partial charge < -0.3 is 9.84 Å². The van der Waals surface area contributed by atoms with Gasteiger partial charge in [-0.05, 0) is 19.4 Å². The first-order valence-electron chi connectivity index (χ1n) is 6.28. The molecular weight excluding hydrogens is 256 g/mol. The van der Waals surface area contributed by atoms with E-state index in [9.17, 15) is 9.90 Å². The van der Waals surface area contributed by atoms with Crippen LogP contribution in [0.3, 0.4) is 0 Å². The zero-order valence-corrected chi connectivity index (χ0v) is 11.5. The first kappa shape index (κ1) is 13.9. The Bertz CT molecular complexity index is 585. The SMILES string of the molecule is CC1(C)C(O)=C(C#N)CN1C(=O)OCc1ccccc1. The maximum absolute atomic E-state index is 12.1. The van der Waals surface area contributed by atoms with Crippen LogP contribution >= 0.6 is 0 Å². The molecule has 1 aromatic carbocycles. The number of hydrogen-bond acceptors (Lipinski definition) is 4. The molecule has 0 aliphatic carbocycles. The molecule has 104 valence electrons. The molecule has 0 saturated heterocycles. The zero-order valence-electron chi connectivity index (χ0n) is 11.5. The predicted molar refractivity (Wildman–Crippen MR) is 72.7 cm³/mol. The molecule has 1 amide bonds. The number of aliphatic hydroxyl groups excluding tert-OH is 1. The van der Waals surface area contributed by atoms with Gasteiger partial charge >= 0.3 is 6.09 Å². The van der Waals surface area contributed by atoms with Crippen LogP contribution in [-0.2, 0) is 11.3 Å². The second-order valence-corrected chi connectivity index (χ2v) is 5.12. The highest BCUT2D eigenvalue weighted by atomic mass is 16.6. The molecule has 1 N–H and O–H groups in total. The van der Waals surface area contributed by atoms with Crippen LogP contribution in [-0.4, -0.2) is 28.2 Å². The average molecular weight is 272 g/mol. The molecule has 1 heterocycles. The predicted octanol–water partition coefficient (Wildman–Crippen LogP) is 2.75. The summed E-state index contributed by atoms with van der Waals surface area (Å²) in [6, 6.07) is 11.2. The van der Waals surface area contributed by atoms with Gasteiger partial charge in [0.1, 0.15) is 18.4 Å². The summed E-state index contributed by atoms with van der Waals surface area (Å²) in [5.74, 6) is -0.0725. The van der Waals surface area contributed by atoms with Gasteiger partial charge in [-0.15, -0.1) is 0 Å². The lowest BCUT2D eigenvalue weighted by molar-refractivity contribution is 0.0699. The molecule has 0 saturated carbocycles. The maximum atomic E-state index is 12.1. The van der Waals surface area contributed by atoms with Crippen molar-refractivity contribution in [3.8, 4) is 6.07 Å².